The Morgan fingerprint density at radius 1 is 1.12 bits per heavy atom. The maximum atomic E-state index is 12.8. The lowest BCUT2D eigenvalue weighted by molar-refractivity contribution is 0.0952. The first-order valence-corrected chi connectivity index (χ1v) is 8.87. The van der Waals surface area contributed by atoms with Gasteiger partial charge in [0.2, 0.25) is 0 Å². The first-order valence-electron chi connectivity index (χ1n) is 8.08. The molecule has 0 saturated carbocycles. The van der Waals surface area contributed by atoms with E-state index in [2.05, 4.69) is 26.2 Å². The summed E-state index contributed by atoms with van der Waals surface area (Å²) in [5.74, 6) is 1.22. The van der Waals surface area contributed by atoms with Crippen molar-refractivity contribution >= 4 is 32.7 Å². The minimum absolute atomic E-state index is 0.156. The largest absolute Gasteiger partial charge is 0.497 e. The highest BCUT2D eigenvalue weighted by Gasteiger charge is 2.13. The van der Waals surface area contributed by atoms with E-state index in [4.69, 9.17) is 9.47 Å². The van der Waals surface area contributed by atoms with Crippen molar-refractivity contribution in [2.75, 3.05) is 14.2 Å². The smallest absolute Gasteiger partial charge is 0.252 e. The molecule has 134 valence electrons. The normalized spacial score (nSPS) is 10.6. The first-order chi connectivity index (χ1) is 12.5. The van der Waals surface area contributed by atoms with Gasteiger partial charge in [0.25, 0.3) is 5.91 Å². The number of carbonyl (C=O) groups excluding carboxylic acids is 1. The number of hydrogen-bond acceptors (Lipinski definition) is 4. The minimum Gasteiger partial charge on any atom is -0.497 e. The third-order valence-electron chi connectivity index (χ3n) is 4.08. The molecule has 0 radical (unpaired) electrons. The van der Waals surface area contributed by atoms with Crippen molar-refractivity contribution in [3.8, 4) is 11.5 Å². The van der Waals surface area contributed by atoms with Gasteiger partial charge < -0.3 is 14.8 Å². The van der Waals surface area contributed by atoms with Crippen LogP contribution in [-0.4, -0.2) is 25.1 Å². The van der Waals surface area contributed by atoms with Crippen LogP contribution in [0.1, 0.15) is 21.6 Å². The Kier molecular flexibility index (Phi) is 5.42. The van der Waals surface area contributed by atoms with E-state index < -0.39 is 0 Å². The summed E-state index contributed by atoms with van der Waals surface area (Å²) in [5.41, 5.74) is 3.06. The van der Waals surface area contributed by atoms with Crippen molar-refractivity contribution in [2.45, 2.75) is 13.5 Å². The fourth-order valence-electron chi connectivity index (χ4n) is 2.79. The summed E-state index contributed by atoms with van der Waals surface area (Å²) < 4.78 is 11.5. The third kappa shape index (κ3) is 3.80. The monoisotopic (exact) mass is 414 g/mol. The summed E-state index contributed by atoms with van der Waals surface area (Å²) >= 11 is 3.45. The Hall–Kier alpha value is -2.60. The van der Waals surface area contributed by atoms with Gasteiger partial charge in [0.15, 0.2) is 0 Å². The van der Waals surface area contributed by atoms with Crippen molar-refractivity contribution in [2.24, 2.45) is 0 Å². The van der Waals surface area contributed by atoms with E-state index in [1.54, 1.807) is 26.4 Å². The molecule has 0 atom stereocenters. The molecule has 1 amide bonds. The van der Waals surface area contributed by atoms with Gasteiger partial charge in [-0.3, -0.25) is 9.78 Å². The second-order valence-electron chi connectivity index (χ2n) is 5.83. The molecule has 0 bridgehead atoms. The second kappa shape index (κ2) is 7.74. The fraction of sp³-hybridized carbons (Fsp3) is 0.200. The number of hydrogen-bond donors (Lipinski definition) is 1. The molecule has 0 aliphatic rings. The maximum absolute atomic E-state index is 12.8. The number of fused-ring (bicyclic) bond motifs is 1. The third-order valence-corrected chi connectivity index (χ3v) is 4.57. The molecule has 0 saturated heterocycles. The molecule has 1 heterocycles. The SMILES string of the molecule is COc1ccc(CNC(=O)c2cc(C)nc3ccc(Br)cc23)c(OC)c1. The fourth-order valence-corrected chi connectivity index (χ4v) is 3.15. The van der Waals surface area contributed by atoms with Gasteiger partial charge >= 0.3 is 0 Å². The number of nitrogens with zero attached hydrogens (tertiary/aromatic N) is 1. The average molecular weight is 415 g/mol. The molecule has 0 unspecified atom stereocenters. The molecule has 3 rings (SSSR count). The molecule has 3 aromatic rings. The number of nitrogens with one attached hydrogen (secondary N) is 1. The van der Waals surface area contributed by atoms with Crippen molar-refractivity contribution < 1.29 is 14.3 Å². The van der Waals surface area contributed by atoms with Gasteiger partial charge in [-0.2, -0.15) is 0 Å². The Labute approximate surface area is 160 Å². The van der Waals surface area contributed by atoms with Crippen LogP contribution in [0.2, 0.25) is 0 Å². The Morgan fingerprint density at radius 2 is 1.92 bits per heavy atom. The number of rotatable bonds is 5. The van der Waals surface area contributed by atoms with Crippen molar-refractivity contribution in [3.05, 3.63) is 63.8 Å². The zero-order valence-corrected chi connectivity index (χ0v) is 16.4. The van der Waals surface area contributed by atoms with Gasteiger partial charge in [-0.25, -0.2) is 0 Å². The summed E-state index contributed by atoms with van der Waals surface area (Å²) in [6, 6.07) is 13.0. The highest BCUT2D eigenvalue weighted by Crippen LogP contribution is 2.25. The van der Waals surface area contributed by atoms with Crippen LogP contribution in [0.15, 0.2) is 46.9 Å². The number of benzene rings is 2. The number of halogens is 1. The molecule has 1 N–H and O–H groups in total. The number of methoxy groups -OCH3 is 2. The number of aromatic nitrogens is 1. The molecule has 0 aliphatic heterocycles. The first kappa shape index (κ1) is 18.2. The summed E-state index contributed by atoms with van der Waals surface area (Å²) in [5, 5.41) is 3.77. The molecular weight excluding hydrogens is 396 g/mol. The predicted molar refractivity (Wildman–Crippen MR) is 105 cm³/mol. The van der Waals surface area contributed by atoms with Crippen LogP contribution < -0.4 is 14.8 Å². The zero-order valence-electron chi connectivity index (χ0n) is 14.8. The van der Waals surface area contributed by atoms with E-state index in [9.17, 15) is 4.79 Å². The summed E-state index contributed by atoms with van der Waals surface area (Å²) in [7, 11) is 3.20. The van der Waals surface area contributed by atoms with Gasteiger partial charge in [-0.05, 0) is 43.3 Å². The van der Waals surface area contributed by atoms with Crippen LogP contribution in [0.5, 0.6) is 11.5 Å². The summed E-state index contributed by atoms with van der Waals surface area (Å²) in [6.07, 6.45) is 0. The van der Waals surface area contributed by atoms with Gasteiger partial charge in [0.05, 0.1) is 25.3 Å². The number of ether oxygens (including phenoxy) is 2. The van der Waals surface area contributed by atoms with Crippen LogP contribution in [0.4, 0.5) is 0 Å². The number of amides is 1. The molecule has 26 heavy (non-hydrogen) atoms. The van der Waals surface area contributed by atoms with E-state index in [0.717, 1.165) is 26.6 Å². The maximum Gasteiger partial charge on any atom is 0.252 e. The van der Waals surface area contributed by atoms with Crippen molar-refractivity contribution in [3.63, 3.8) is 0 Å². The van der Waals surface area contributed by atoms with Gasteiger partial charge in [0, 0.05) is 33.7 Å². The van der Waals surface area contributed by atoms with E-state index in [1.165, 1.54) is 0 Å². The molecule has 0 aliphatic carbocycles. The molecular formula is C20H19BrN2O3. The Balaban J connectivity index is 1.87. The minimum atomic E-state index is -0.156. The van der Waals surface area contributed by atoms with Crippen LogP contribution in [0.25, 0.3) is 10.9 Å². The van der Waals surface area contributed by atoms with Crippen LogP contribution in [0, 0.1) is 6.92 Å². The average Bonchev–Trinajstić information content (AvgIpc) is 2.65. The lowest BCUT2D eigenvalue weighted by atomic mass is 10.1. The van der Waals surface area contributed by atoms with E-state index in [0.29, 0.717) is 23.6 Å². The molecule has 1 aromatic heterocycles. The van der Waals surface area contributed by atoms with Crippen LogP contribution >= 0.6 is 15.9 Å². The second-order valence-corrected chi connectivity index (χ2v) is 6.75. The van der Waals surface area contributed by atoms with Crippen molar-refractivity contribution in [1.29, 1.82) is 0 Å². The number of pyridine rings is 1. The van der Waals surface area contributed by atoms with E-state index in [1.807, 2.05) is 37.3 Å². The molecule has 2 aromatic carbocycles. The molecule has 0 fully saturated rings. The van der Waals surface area contributed by atoms with E-state index in [-0.39, 0.29) is 5.91 Å². The lowest BCUT2D eigenvalue weighted by Gasteiger charge is -2.12. The molecule has 0 spiro atoms. The van der Waals surface area contributed by atoms with E-state index >= 15 is 0 Å². The van der Waals surface area contributed by atoms with Gasteiger partial charge in [0.1, 0.15) is 11.5 Å². The molecule has 5 nitrogen and oxygen atoms in total. The predicted octanol–water partition coefficient (Wildman–Crippen LogP) is 4.25. The lowest BCUT2D eigenvalue weighted by Crippen LogP contribution is -2.23. The highest BCUT2D eigenvalue weighted by molar-refractivity contribution is 9.10. The zero-order chi connectivity index (χ0) is 18.7. The number of carbonyl (C=O) groups is 1. The summed E-state index contributed by atoms with van der Waals surface area (Å²) in [4.78, 5) is 17.3. The number of aryl methyl sites for hydroxylation is 1. The topological polar surface area (TPSA) is 60.5 Å². The highest BCUT2D eigenvalue weighted by atomic mass is 79.9. The Morgan fingerprint density at radius 3 is 2.65 bits per heavy atom. The van der Waals surface area contributed by atoms with Crippen LogP contribution in [0.3, 0.4) is 0 Å². The van der Waals surface area contributed by atoms with Crippen LogP contribution in [-0.2, 0) is 6.54 Å². The summed E-state index contributed by atoms with van der Waals surface area (Å²) in [6.45, 7) is 2.23. The van der Waals surface area contributed by atoms with Gasteiger partial charge in [-0.1, -0.05) is 15.9 Å². The Bertz CT molecular complexity index is 973. The quantitative estimate of drug-likeness (QED) is 0.677. The molecule has 6 heteroatoms. The van der Waals surface area contributed by atoms with Gasteiger partial charge in [-0.15, -0.1) is 0 Å². The standard InChI is InChI=1S/C20H19BrN2O3/c1-12-8-17(16-9-14(21)5-7-18(16)23-12)20(24)22-11-13-4-6-15(25-2)10-19(13)26-3/h4-10H,11H2,1-3H3,(H,22,24). The van der Waals surface area contributed by atoms with Crippen molar-refractivity contribution in [1.82, 2.24) is 10.3 Å².